The Kier molecular flexibility index (Phi) is 6.53. The molecule has 236 valence electrons. The molecule has 50 heavy (non-hydrogen) atoms. The summed E-state index contributed by atoms with van der Waals surface area (Å²) in [5, 5.41) is 7.98. The van der Waals surface area contributed by atoms with Gasteiger partial charge in [-0.2, -0.15) is 0 Å². The number of rotatable bonds is 5. The van der Waals surface area contributed by atoms with Gasteiger partial charge in [-0.25, -0.2) is 0 Å². The molecule has 0 aliphatic carbocycles. The normalized spacial score (nSPS) is 14.6. The fourth-order valence-corrected chi connectivity index (χ4v) is 7.24. The lowest BCUT2D eigenvalue weighted by atomic mass is 9.96. The van der Waals surface area contributed by atoms with Crippen LogP contribution in [0, 0.1) is 0 Å². The minimum absolute atomic E-state index is 0.306. The van der Waals surface area contributed by atoms with Crippen molar-refractivity contribution in [1.29, 1.82) is 0 Å². The summed E-state index contributed by atoms with van der Waals surface area (Å²) in [4.78, 5) is 5.20. The lowest BCUT2D eigenvalue weighted by Crippen LogP contribution is -2.25. The second-order valence-corrected chi connectivity index (χ2v) is 12.8. The van der Waals surface area contributed by atoms with Crippen LogP contribution < -0.4 is 5.32 Å². The van der Waals surface area contributed by atoms with Crippen LogP contribution in [0.25, 0.3) is 71.8 Å². The van der Waals surface area contributed by atoms with Crippen molar-refractivity contribution in [2.45, 2.75) is 6.17 Å². The molecule has 0 bridgehead atoms. The Balaban J connectivity index is 1.27. The molecule has 0 saturated carbocycles. The molecular formula is C46H30N2O2. The molecule has 9 aromatic rings. The number of fused-ring (bicyclic) bond motifs is 6. The number of nitrogens with zero attached hydrogens (tertiary/aromatic N) is 1. The van der Waals surface area contributed by atoms with Gasteiger partial charge in [-0.1, -0.05) is 133 Å². The summed E-state index contributed by atoms with van der Waals surface area (Å²) in [5.41, 5.74) is 12.6. The first kappa shape index (κ1) is 28.4. The van der Waals surface area contributed by atoms with Crippen LogP contribution in [0.2, 0.25) is 0 Å². The fourth-order valence-electron chi connectivity index (χ4n) is 7.24. The monoisotopic (exact) mass is 642 g/mol. The van der Waals surface area contributed by atoms with Crippen LogP contribution in [-0.4, -0.2) is 5.71 Å². The predicted octanol–water partition coefficient (Wildman–Crippen LogP) is 12.0. The molecule has 1 N–H and O–H groups in total. The fraction of sp³-hybridized carbons (Fsp3) is 0.0217. The Morgan fingerprint density at radius 3 is 1.44 bits per heavy atom. The van der Waals surface area contributed by atoms with E-state index in [1.807, 2.05) is 24.3 Å². The van der Waals surface area contributed by atoms with Crippen molar-refractivity contribution in [1.82, 2.24) is 5.32 Å². The molecule has 2 aromatic heterocycles. The average Bonchev–Trinajstić information content (AvgIpc) is 3.75. The van der Waals surface area contributed by atoms with Crippen LogP contribution in [0.5, 0.6) is 0 Å². The van der Waals surface area contributed by atoms with Crippen LogP contribution in [0.15, 0.2) is 184 Å². The van der Waals surface area contributed by atoms with Gasteiger partial charge >= 0.3 is 0 Å². The smallest absolute Gasteiger partial charge is 0.148 e. The lowest BCUT2D eigenvalue weighted by Gasteiger charge is -2.25. The lowest BCUT2D eigenvalue weighted by molar-refractivity contribution is 0.641. The first-order valence-electron chi connectivity index (χ1n) is 16.9. The number of nitrogens with one attached hydrogen (secondary N) is 1. The van der Waals surface area contributed by atoms with Gasteiger partial charge in [0.15, 0.2) is 0 Å². The second kappa shape index (κ2) is 11.5. The Hall–Kier alpha value is -6.65. The largest absolute Gasteiger partial charge is 0.455 e. The third-order valence-electron chi connectivity index (χ3n) is 9.71. The Bertz CT molecular complexity index is 2630. The number of furan rings is 2. The van der Waals surface area contributed by atoms with E-state index in [-0.39, 0.29) is 6.17 Å². The quantitative estimate of drug-likeness (QED) is 0.203. The molecule has 0 saturated heterocycles. The molecular weight excluding hydrogens is 613 g/mol. The standard InChI is InChI=1S/C46H30N2O2/c1-5-13-29(14-6-1)33-21-23-41-35(25-33)37-27-38-36-26-34(30-15-7-2-8-16-30)22-24-42(36)50-45(38)43(44(37)49-41)40-28-39(31-17-9-3-10-18-31)47-46(48-40)32-19-11-4-12-20-32/h1-28,46,48H. The zero-order valence-corrected chi connectivity index (χ0v) is 27.0. The van der Waals surface area contributed by atoms with Gasteiger partial charge < -0.3 is 14.2 Å². The minimum Gasteiger partial charge on any atom is -0.455 e. The maximum absolute atomic E-state index is 6.83. The average molecular weight is 643 g/mol. The Labute approximate surface area is 288 Å². The molecule has 1 aliphatic heterocycles. The van der Waals surface area contributed by atoms with Crippen LogP contribution >= 0.6 is 0 Å². The molecule has 1 atom stereocenters. The van der Waals surface area contributed by atoms with Crippen LogP contribution in [0.3, 0.4) is 0 Å². The number of benzene rings is 7. The third kappa shape index (κ3) is 4.73. The summed E-state index contributed by atoms with van der Waals surface area (Å²) in [5.74, 6) is 0. The van der Waals surface area contributed by atoms with E-state index >= 15 is 0 Å². The number of hydrogen-bond acceptors (Lipinski definition) is 4. The van der Waals surface area contributed by atoms with E-state index in [4.69, 9.17) is 13.8 Å². The maximum atomic E-state index is 6.83. The highest BCUT2D eigenvalue weighted by Gasteiger charge is 2.27. The van der Waals surface area contributed by atoms with E-state index < -0.39 is 0 Å². The van der Waals surface area contributed by atoms with Crippen LogP contribution in [0.1, 0.15) is 22.9 Å². The molecule has 1 unspecified atom stereocenters. The molecule has 7 aromatic carbocycles. The van der Waals surface area contributed by atoms with Crippen molar-refractivity contribution in [3.8, 4) is 22.3 Å². The molecule has 0 amide bonds. The highest BCUT2D eigenvalue weighted by Crippen LogP contribution is 2.44. The Morgan fingerprint density at radius 1 is 0.440 bits per heavy atom. The van der Waals surface area contributed by atoms with Gasteiger partial charge in [-0.05, 0) is 69.8 Å². The van der Waals surface area contributed by atoms with E-state index in [0.717, 1.165) is 94.2 Å². The van der Waals surface area contributed by atoms with Crippen molar-refractivity contribution in [2.75, 3.05) is 0 Å². The first-order valence-corrected chi connectivity index (χ1v) is 16.9. The third-order valence-corrected chi connectivity index (χ3v) is 9.71. The molecule has 0 radical (unpaired) electrons. The Morgan fingerprint density at radius 2 is 0.920 bits per heavy atom. The van der Waals surface area contributed by atoms with Gasteiger partial charge in [-0.3, -0.25) is 4.99 Å². The molecule has 0 fully saturated rings. The topological polar surface area (TPSA) is 50.7 Å². The summed E-state index contributed by atoms with van der Waals surface area (Å²) in [6, 6.07) is 56.9. The van der Waals surface area contributed by atoms with Gasteiger partial charge in [0.25, 0.3) is 0 Å². The first-order chi connectivity index (χ1) is 24.8. The van der Waals surface area contributed by atoms with E-state index in [1.54, 1.807) is 0 Å². The molecule has 3 heterocycles. The molecule has 10 rings (SSSR count). The van der Waals surface area contributed by atoms with Crippen molar-refractivity contribution < 1.29 is 8.83 Å². The van der Waals surface area contributed by atoms with E-state index in [2.05, 4.69) is 151 Å². The van der Waals surface area contributed by atoms with Crippen molar-refractivity contribution in [3.05, 3.63) is 187 Å². The number of allylic oxidation sites excluding steroid dienone is 1. The van der Waals surface area contributed by atoms with E-state index in [9.17, 15) is 0 Å². The molecule has 0 spiro atoms. The van der Waals surface area contributed by atoms with Gasteiger partial charge in [0.2, 0.25) is 0 Å². The van der Waals surface area contributed by atoms with Gasteiger partial charge in [0.05, 0.1) is 17.0 Å². The van der Waals surface area contributed by atoms with Crippen molar-refractivity contribution >= 4 is 55.3 Å². The summed E-state index contributed by atoms with van der Waals surface area (Å²) in [6.07, 6.45) is 1.83. The zero-order valence-electron chi connectivity index (χ0n) is 27.0. The summed E-state index contributed by atoms with van der Waals surface area (Å²) < 4.78 is 13.7. The van der Waals surface area contributed by atoms with Crippen molar-refractivity contribution in [2.24, 2.45) is 4.99 Å². The van der Waals surface area contributed by atoms with Crippen molar-refractivity contribution in [3.63, 3.8) is 0 Å². The van der Waals surface area contributed by atoms with Gasteiger partial charge in [0, 0.05) is 21.5 Å². The summed E-state index contributed by atoms with van der Waals surface area (Å²) >= 11 is 0. The zero-order chi connectivity index (χ0) is 33.0. The van der Waals surface area contributed by atoms with E-state index in [0.29, 0.717) is 0 Å². The van der Waals surface area contributed by atoms with Gasteiger partial charge in [-0.15, -0.1) is 0 Å². The highest BCUT2D eigenvalue weighted by atomic mass is 16.3. The molecule has 1 aliphatic rings. The summed E-state index contributed by atoms with van der Waals surface area (Å²) in [6.45, 7) is 0. The van der Waals surface area contributed by atoms with Gasteiger partial charge in [0.1, 0.15) is 28.5 Å². The second-order valence-electron chi connectivity index (χ2n) is 12.8. The van der Waals surface area contributed by atoms with Crippen LogP contribution in [0.4, 0.5) is 0 Å². The summed E-state index contributed by atoms with van der Waals surface area (Å²) in [7, 11) is 0. The number of aliphatic imine (C=N–C) groups is 1. The SMILES string of the molecule is C1=C(c2c3oc4ccc(-c5ccccc5)cc4c3cc3c2oc2ccc(-c4ccccc4)cc23)NC(c2ccccc2)N=C1c1ccccc1. The maximum Gasteiger partial charge on any atom is 0.148 e. The number of hydrogen-bond donors (Lipinski definition) is 1. The predicted molar refractivity (Wildman–Crippen MR) is 205 cm³/mol. The highest BCUT2D eigenvalue weighted by molar-refractivity contribution is 6.22. The van der Waals surface area contributed by atoms with E-state index in [1.165, 1.54) is 0 Å². The van der Waals surface area contributed by atoms with Crippen LogP contribution in [-0.2, 0) is 0 Å². The molecule has 4 heteroatoms. The molecule has 4 nitrogen and oxygen atoms in total. The minimum atomic E-state index is -0.306.